The number of anilines is 2. The SMILES string of the molecule is Nc1nc(N)nc(CN2CCCC2)n1. The molecule has 0 spiro atoms. The molecule has 1 aliphatic heterocycles. The van der Waals surface area contributed by atoms with Crippen molar-refractivity contribution >= 4 is 11.9 Å². The Morgan fingerprint density at radius 2 is 1.57 bits per heavy atom. The largest absolute Gasteiger partial charge is 0.368 e. The molecule has 1 aliphatic rings. The standard InChI is InChI=1S/C8H14N6/c9-7-11-6(12-8(10)13-7)5-14-3-1-2-4-14/h1-5H2,(H4,9,10,11,12,13). The highest BCUT2D eigenvalue weighted by molar-refractivity contribution is 5.25. The molecule has 6 heteroatoms. The minimum Gasteiger partial charge on any atom is -0.368 e. The van der Waals surface area contributed by atoms with Crippen LogP contribution >= 0.6 is 0 Å². The summed E-state index contributed by atoms with van der Waals surface area (Å²) in [5.41, 5.74) is 10.9. The lowest BCUT2D eigenvalue weighted by atomic mass is 10.4. The Morgan fingerprint density at radius 1 is 1.00 bits per heavy atom. The number of nitrogens with zero attached hydrogens (tertiary/aromatic N) is 4. The monoisotopic (exact) mass is 194 g/mol. The molecule has 0 amide bonds. The molecule has 14 heavy (non-hydrogen) atoms. The molecule has 1 fully saturated rings. The van der Waals surface area contributed by atoms with Gasteiger partial charge in [-0.05, 0) is 25.9 Å². The van der Waals surface area contributed by atoms with Gasteiger partial charge in [0.05, 0.1) is 6.54 Å². The van der Waals surface area contributed by atoms with E-state index in [2.05, 4.69) is 19.9 Å². The minimum atomic E-state index is 0.201. The molecule has 1 aromatic rings. The molecule has 0 aromatic carbocycles. The molecule has 0 bridgehead atoms. The van der Waals surface area contributed by atoms with Crippen molar-refractivity contribution in [3.8, 4) is 0 Å². The van der Waals surface area contributed by atoms with Gasteiger partial charge in [0.1, 0.15) is 5.82 Å². The van der Waals surface area contributed by atoms with Crippen molar-refractivity contribution in [1.82, 2.24) is 19.9 Å². The zero-order chi connectivity index (χ0) is 9.97. The van der Waals surface area contributed by atoms with Gasteiger partial charge in [0.25, 0.3) is 0 Å². The second kappa shape index (κ2) is 3.75. The van der Waals surface area contributed by atoms with Crippen molar-refractivity contribution in [2.75, 3.05) is 24.6 Å². The first-order chi connectivity index (χ1) is 6.74. The number of rotatable bonds is 2. The summed E-state index contributed by atoms with van der Waals surface area (Å²) in [4.78, 5) is 14.1. The number of hydrogen-bond acceptors (Lipinski definition) is 6. The van der Waals surface area contributed by atoms with Gasteiger partial charge in [0.2, 0.25) is 11.9 Å². The van der Waals surface area contributed by atoms with E-state index in [0.29, 0.717) is 5.82 Å². The van der Waals surface area contributed by atoms with Gasteiger partial charge in [-0.1, -0.05) is 0 Å². The van der Waals surface area contributed by atoms with Crippen LogP contribution in [0.15, 0.2) is 0 Å². The Bertz CT molecular complexity index is 299. The van der Waals surface area contributed by atoms with E-state index in [0.717, 1.165) is 19.6 Å². The average Bonchev–Trinajstić information content (AvgIpc) is 2.54. The maximum absolute atomic E-state index is 5.47. The highest BCUT2D eigenvalue weighted by atomic mass is 15.2. The maximum atomic E-state index is 5.47. The van der Waals surface area contributed by atoms with Crippen molar-refractivity contribution in [3.05, 3.63) is 5.82 Å². The molecule has 0 atom stereocenters. The van der Waals surface area contributed by atoms with Crippen LogP contribution in [0.5, 0.6) is 0 Å². The minimum absolute atomic E-state index is 0.201. The predicted octanol–water partition coefficient (Wildman–Crippen LogP) is -0.368. The summed E-state index contributed by atoms with van der Waals surface area (Å²) in [7, 11) is 0. The average molecular weight is 194 g/mol. The van der Waals surface area contributed by atoms with Gasteiger partial charge >= 0.3 is 0 Å². The highest BCUT2D eigenvalue weighted by Gasteiger charge is 2.13. The lowest BCUT2D eigenvalue weighted by Crippen LogP contribution is -2.21. The first-order valence-electron chi connectivity index (χ1n) is 4.72. The fraction of sp³-hybridized carbons (Fsp3) is 0.625. The molecule has 0 unspecified atom stereocenters. The van der Waals surface area contributed by atoms with Crippen LogP contribution in [0, 0.1) is 0 Å². The maximum Gasteiger partial charge on any atom is 0.225 e. The van der Waals surface area contributed by atoms with Crippen LogP contribution in [-0.4, -0.2) is 32.9 Å². The highest BCUT2D eigenvalue weighted by Crippen LogP contribution is 2.10. The summed E-state index contributed by atoms with van der Waals surface area (Å²) < 4.78 is 0. The number of hydrogen-bond donors (Lipinski definition) is 2. The van der Waals surface area contributed by atoms with Crippen molar-refractivity contribution in [1.29, 1.82) is 0 Å². The molecular formula is C8H14N6. The summed E-state index contributed by atoms with van der Waals surface area (Å²) in [5.74, 6) is 1.07. The molecule has 4 N–H and O–H groups in total. The lowest BCUT2D eigenvalue weighted by molar-refractivity contribution is 0.322. The van der Waals surface area contributed by atoms with Crippen molar-refractivity contribution < 1.29 is 0 Å². The van der Waals surface area contributed by atoms with Crippen molar-refractivity contribution in [2.45, 2.75) is 19.4 Å². The van der Waals surface area contributed by atoms with Crippen LogP contribution in [-0.2, 0) is 6.54 Å². The second-order valence-corrected chi connectivity index (χ2v) is 3.45. The van der Waals surface area contributed by atoms with Gasteiger partial charge < -0.3 is 11.5 Å². The third kappa shape index (κ3) is 2.08. The van der Waals surface area contributed by atoms with Crippen LogP contribution in [0.3, 0.4) is 0 Å². The van der Waals surface area contributed by atoms with E-state index in [-0.39, 0.29) is 11.9 Å². The lowest BCUT2D eigenvalue weighted by Gasteiger charge is -2.12. The van der Waals surface area contributed by atoms with E-state index in [9.17, 15) is 0 Å². The number of nitrogen functional groups attached to an aromatic ring is 2. The molecule has 0 saturated carbocycles. The van der Waals surface area contributed by atoms with Gasteiger partial charge in [0, 0.05) is 0 Å². The Labute approximate surface area is 82.3 Å². The Balaban J connectivity index is 2.07. The van der Waals surface area contributed by atoms with E-state index < -0.39 is 0 Å². The zero-order valence-electron chi connectivity index (χ0n) is 7.98. The van der Waals surface area contributed by atoms with Gasteiger partial charge in [-0.25, -0.2) is 0 Å². The third-order valence-corrected chi connectivity index (χ3v) is 2.28. The summed E-state index contributed by atoms with van der Waals surface area (Å²) >= 11 is 0. The van der Waals surface area contributed by atoms with E-state index in [4.69, 9.17) is 11.5 Å². The smallest absolute Gasteiger partial charge is 0.225 e. The van der Waals surface area contributed by atoms with Crippen LogP contribution in [0.4, 0.5) is 11.9 Å². The summed E-state index contributed by atoms with van der Waals surface area (Å²) in [6.45, 7) is 2.92. The fourth-order valence-electron chi connectivity index (χ4n) is 1.67. The van der Waals surface area contributed by atoms with Crippen LogP contribution in [0.2, 0.25) is 0 Å². The molecular weight excluding hydrogens is 180 g/mol. The molecule has 2 heterocycles. The molecule has 6 nitrogen and oxygen atoms in total. The molecule has 0 radical (unpaired) electrons. The Hall–Kier alpha value is -1.43. The Morgan fingerprint density at radius 3 is 2.14 bits per heavy atom. The molecule has 1 aromatic heterocycles. The second-order valence-electron chi connectivity index (χ2n) is 3.45. The van der Waals surface area contributed by atoms with Gasteiger partial charge in [0.15, 0.2) is 0 Å². The molecule has 2 rings (SSSR count). The summed E-state index contributed by atoms with van der Waals surface area (Å²) in [6, 6.07) is 0. The third-order valence-electron chi connectivity index (χ3n) is 2.28. The zero-order valence-corrected chi connectivity index (χ0v) is 7.98. The first-order valence-corrected chi connectivity index (χ1v) is 4.72. The van der Waals surface area contributed by atoms with Crippen LogP contribution in [0.25, 0.3) is 0 Å². The van der Waals surface area contributed by atoms with Crippen molar-refractivity contribution in [2.24, 2.45) is 0 Å². The number of aromatic nitrogens is 3. The quantitative estimate of drug-likeness (QED) is 0.667. The topological polar surface area (TPSA) is 93.9 Å². The van der Waals surface area contributed by atoms with Crippen LogP contribution in [0.1, 0.15) is 18.7 Å². The summed E-state index contributed by atoms with van der Waals surface area (Å²) in [5, 5.41) is 0. The Kier molecular flexibility index (Phi) is 2.45. The van der Waals surface area contributed by atoms with E-state index >= 15 is 0 Å². The predicted molar refractivity (Wildman–Crippen MR) is 53.2 cm³/mol. The summed E-state index contributed by atoms with van der Waals surface area (Å²) in [6.07, 6.45) is 2.49. The number of likely N-dealkylation sites (tertiary alicyclic amines) is 1. The van der Waals surface area contributed by atoms with Gasteiger partial charge in [-0.15, -0.1) is 0 Å². The van der Waals surface area contributed by atoms with E-state index in [1.807, 2.05) is 0 Å². The molecule has 1 saturated heterocycles. The van der Waals surface area contributed by atoms with Crippen LogP contribution < -0.4 is 11.5 Å². The van der Waals surface area contributed by atoms with E-state index in [1.165, 1.54) is 12.8 Å². The van der Waals surface area contributed by atoms with Gasteiger partial charge in [-0.3, -0.25) is 4.90 Å². The number of nitrogens with two attached hydrogens (primary N) is 2. The fourth-order valence-corrected chi connectivity index (χ4v) is 1.67. The molecule has 76 valence electrons. The molecule has 0 aliphatic carbocycles. The van der Waals surface area contributed by atoms with Gasteiger partial charge in [-0.2, -0.15) is 15.0 Å². The normalized spacial score (nSPS) is 17.4. The van der Waals surface area contributed by atoms with Crippen molar-refractivity contribution in [3.63, 3.8) is 0 Å². The van der Waals surface area contributed by atoms with E-state index in [1.54, 1.807) is 0 Å². The first kappa shape index (κ1) is 9.14.